The average Bonchev–Trinajstić information content (AvgIpc) is 3.18. The quantitative estimate of drug-likeness (QED) is 0.741. The Morgan fingerprint density at radius 3 is 2.89 bits per heavy atom. The summed E-state index contributed by atoms with van der Waals surface area (Å²) in [4.78, 5) is 0. The molecule has 0 spiro atoms. The highest BCUT2D eigenvalue weighted by atomic mass is 16.5. The molecule has 1 saturated carbocycles. The zero-order chi connectivity index (χ0) is 13.0. The normalized spacial score (nSPS) is 14.6. The molecule has 0 radical (unpaired) electrons. The Kier molecular flexibility index (Phi) is 4.43. The monoisotopic (exact) mass is 245 g/mol. The number of hydrogen-bond acceptors (Lipinski definition) is 2. The van der Waals surface area contributed by atoms with E-state index in [0.29, 0.717) is 6.61 Å². The molecule has 0 heterocycles. The van der Waals surface area contributed by atoms with E-state index in [4.69, 9.17) is 4.74 Å². The molecule has 0 amide bonds. The maximum Gasteiger partial charge on any atom is 0.127 e. The van der Waals surface area contributed by atoms with E-state index in [1.165, 1.54) is 24.0 Å². The number of nitrogens with one attached hydrogen (secondary N) is 1. The highest BCUT2D eigenvalue weighted by Crippen LogP contribution is 2.26. The van der Waals surface area contributed by atoms with Crippen LogP contribution in [0.4, 0.5) is 0 Å². The second-order valence-corrected chi connectivity index (χ2v) is 5.11. The fourth-order valence-corrected chi connectivity index (χ4v) is 1.88. The van der Waals surface area contributed by atoms with Crippen LogP contribution in [0, 0.1) is 6.92 Å². The Hall–Kier alpha value is -1.28. The molecule has 2 rings (SSSR count). The van der Waals surface area contributed by atoms with Gasteiger partial charge < -0.3 is 10.1 Å². The second kappa shape index (κ2) is 6.05. The number of aryl methyl sites for hydroxylation is 1. The molecule has 1 N–H and O–H groups in total. The lowest BCUT2D eigenvalue weighted by Gasteiger charge is -2.15. The van der Waals surface area contributed by atoms with Crippen LogP contribution in [0.1, 0.15) is 37.3 Å². The third-order valence-electron chi connectivity index (χ3n) is 3.37. The van der Waals surface area contributed by atoms with Crippen LogP contribution in [0.5, 0.6) is 5.75 Å². The van der Waals surface area contributed by atoms with Gasteiger partial charge in [0, 0.05) is 18.2 Å². The van der Waals surface area contributed by atoms with Gasteiger partial charge in [0.05, 0.1) is 0 Å². The molecule has 2 nitrogen and oxygen atoms in total. The Morgan fingerprint density at radius 2 is 2.22 bits per heavy atom. The second-order valence-electron chi connectivity index (χ2n) is 5.11. The molecule has 98 valence electrons. The Bertz CT molecular complexity index is 421. The largest absolute Gasteiger partial charge is 0.489 e. The molecule has 0 aromatic heterocycles. The summed E-state index contributed by atoms with van der Waals surface area (Å²) in [5, 5.41) is 3.54. The van der Waals surface area contributed by atoms with Crippen molar-refractivity contribution in [2.24, 2.45) is 0 Å². The first-order valence-electron chi connectivity index (χ1n) is 6.82. The van der Waals surface area contributed by atoms with Gasteiger partial charge in [0.15, 0.2) is 0 Å². The number of benzene rings is 1. The highest BCUT2D eigenvalue weighted by molar-refractivity contribution is 5.41. The van der Waals surface area contributed by atoms with Crippen LogP contribution in [-0.2, 0) is 6.54 Å². The van der Waals surface area contributed by atoms with E-state index in [2.05, 4.69) is 43.9 Å². The van der Waals surface area contributed by atoms with Gasteiger partial charge in [0.25, 0.3) is 0 Å². The molecule has 0 aliphatic heterocycles. The van der Waals surface area contributed by atoms with Crippen LogP contribution in [0.2, 0.25) is 0 Å². The summed E-state index contributed by atoms with van der Waals surface area (Å²) in [5.74, 6) is 1.03. The summed E-state index contributed by atoms with van der Waals surface area (Å²) < 4.78 is 5.93. The van der Waals surface area contributed by atoms with Crippen molar-refractivity contribution >= 4 is 0 Å². The molecule has 0 atom stereocenters. The maximum atomic E-state index is 5.93. The van der Waals surface area contributed by atoms with Crippen LogP contribution in [0.15, 0.2) is 30.4 Å². The van der Waals surface area contributed by atoms with Gasteiger partial charge in [0.1, 0.15) is 12.4 Å². The maximum absolute atomic E-state index is 5.93. The topological polar surface area (TPSA) is 21.3 Å². The van der Waals surface area contributed by atoms with E-state index in [1.807, 2.05) is 0 Å². The predicted octanol–water partition coefficient (Wildman–Crippen LogP) is 3.59. The van der Waals surface area contributed by atoms with Crippen LogP contribution in [0.25, 0.3) is 0 Å². The highest BCUT2D eigenvalue weighted by Gasteiger charge is 2.20. The minimum Gasteiger partial charge on any atom is -0.489 e. The van der Waals surface area contributed by atoms with Crippen LogP contribution >= 0.6 is 0 Å². The first-order valence-corrected chi connectivity index (χ1v) is 6.82. The van der Waals surface area contributed by atoms with Gasteiger partial charge in [0.2, 0.25) is 0 Å². The summed E-state index contributed by atoms with van der Waals surface area (Å²) >= 11 is 0. The molecule has 18 heavy (non-hydrogen) atoms. The lowest BCUT2D eigenvalue weighted by molar-refractivity contribution is 0.341. The van der Waals surface area contributed by atoms with Crippen LogP contribution in [-0.4, -0.2) is 12.6 Å². The summed E-state index contributed by atoms with van der Waals surface area (Å²) in [6.45, 7) is 9.73. The lowest BCUT2D eigenvalue weighted by atomic mass is 10.1. The Morgan fingerprint density at radius 1 is 1.44 bits per heavy atom. The summed E-state index contributed by atoms with van der Waals surface area (Å²) in [6, 6.07) is 7.07. The van der Waals surface area contributed by atoms with Crippen molar-refractivity contribution in [3.05, 3.63) is 41.5 Å². The lowest BCUT2D eigenvalue weighted by Crippen LogP contribution is -2.16. The molecule has 1 fully saturated rings. The van der Waals surface area contributed by atoms with Crippen molar-refractivity contribution in [1.82, 2.24) is 5.32 Å². The molecular weight excluding hydrogens is 222 g/mol. The van der Waals surface area contributed by atoms with Crippen LogP contribution in [0.3, 0.4) is 0 Å². The van der Waals surface area contributed by atoms with Crippen molar-refractivity contribution < 1.29 is 4.74 Å². The SMILES string of the molecule is C=C(CC)COc1c(C)cccc1CNC1CC1. The standard InChI is InChI=1S/C16H23NO/c1-4-12(2)11-18-16-13(3)6-5-7-14(16)10-17-15-8-9-15/h5-7,15,17H,2,4,8-11H2,1,3H3. The fraction of sp³-hybridized carbons (Fsp3) is 0.500. The molecule has 1 aromatic rings. The van der Waals surface area contributed by atoms with E-state index < -0.39 is 0 Å². The van der Waals surface area contributed by atoms with Gasteiger partial charge in [-0.15, -0.1) is 0 Å². The van der Waals surface area contributed by atoms with Crippen molar-refractivity contribution in [2.45, 2.75) is 45.7 Å². The van der Waals surface area contributed by atoms with Crippen LogP contribution < -0.4 is 10.1 Å². The van der Waals surface area contributed by atoms with Crippen molar-refractivity contribution in [3.8, 4) is 5.75 Å². The number of para-hydroxylation sites is 1. The first-order chi connectivity index (χ1) is 8.70. The fourth-order valence-electron chi connectivity index (χ4n) is 1.88. The number of ether oxygens (including phenoxy) is 1. The zero-order valence-corrected chi connectivity index (χ0v) is 11.5. The summed E-state index contributed by atoms with van der Waals surface area (Å²) in [5.41, 5.74) is 3.60. The van der Waals surface area contributed by atoms with Gasteiger partial charge >= 0.3 is 0 Å². The Balaban J connectivity index is 2.02. The van der Waals surface area contributed by atoms with Crippen molar-refractivity contribution in [3.63, 3.8) is 0 Å². The number of hydrogen-bond donors (Lipinski definition) is 1. The summed E-state index contributed by atoms with van der Waals surface area (Å²) in [6.07, 6.45) is 3.60. The molecule has 2 heteroatoms. The minimum atomic E-state index is 0.623. The molecule has 1 aliphatic carbocycles. The third kappa shape index (κ3) is 3.61. The van der Waals surface area contributed by atoms with Gasteiger partial charge in [-0.1, -0.05) is 31.7 Å². The minimum absolute atomic E-state index is 0.623. The predicted molar refractivity (Wildman–Crippen MR) is 76.0 cm³/mol. The zero-order valence-electron chi connectivity index (χ0n) is 11.5. The van der Waals surface area contributed by atoms with Gasteiger partial charge in [-0.05, 0) is 37.3 Å². The van der Waals surface area contributed by atoms with E-state index in [0.717, 1.165) is 30.3 Å². The van der Waals surface area contributed by atoms with E-state index in [9.17, 15) is 0 Å². The van der Waals surface area contributed by atoms with Crippen molar-refractivity contribution in [2.75, 3.05) is 6.61 Å². The van der Waals surface area contributed by atoms with E-state index >= 15 is 0 Å². The molecular formula is C16H23NO. The molecule has 0 saturated heterocycles. The number of rotatable bonds is 7. The molecule has 1 aliphatic rings. The first kappa shape index (κ1) is 13.2. The third-order valence-corrected chi connectivity index (χ3v) is 3.37. The smallest absolute Gasteiger partial charge is 0.127 e. The van der Waals surface area contributed by atoms with Crippen molar-refractivity contribution in [1.29, 1.82) is 0 Å². The van der Waals surface area contributed by atoms with E-state index in [-0.39, 0.29) is 0 Å². The van der Waals surface area contributed by atoms with E-state index in [1.54, 1.807) is 0 Å². The molecule has 0 bridgehead atoms. The van der Waals surface area contributed by atoms with Gasteiger partial charge in [-0.2, -0.15) is 0 Å². The Labute approximate surface area is 110 Å². The molecule has 0 unspecified atom stereocenters. The molecule has 1 aromatic carbocycles. The summed E-state index contributed by atoms with van der Waals surface area (Å²) in [7, 11) is 0. The van der Waals surface area contributed by atoms with Gasteiger partial charge in [-0.25, -0.2) is 0 Å². The average molecular weight is 245 g/mol. The van der Waals surface area contributed by atoms with Gasteiger partial charge in [-0.3, -0.25) is 0 Å².